The summed E-state index contributed by atoms with van der Waals surface area (Å²) in [6, 6.07) is 0. The summed E-state index contributed by atoms with van der Waals surface area (Å²) >= 11 is 0. The van der Waals surface area contributed by atoms with Crippen molar-refractivity contribution in [1.29, 1.82) is 0 Å². The number of hydrogen-bond acceptors (Lipinski definition) is 7. The van der Waals surface area contributed by atoms with Gasteiger partial charge in [0.2, 0.25) is 0 Å². The molecule has 0 aromatic carbocycles. The Hall–Kier alpha value is 1.67. The predicted molar refractivity (Wildman–Crippen MR) is 118 cm³/mol. The molecular formula is C14H22S7. The van der Waals surface area contributed by atoms with Crippen molar-refractivity contribution >= 4 is 70.7 Å². The molecule has 0 bridgehead atoms. The van der Waals surface area contributed by atoms with Gasteiger partial charge in [0.25, 0.3) is 0 Å². The van der Waals surface area contributed by atoms with Gasteiger partial charge in [-0.2, -0.15) is 0 Å². The van der Waals surface area contributed by atoms with E-state index in [0.29, 0.717) is 0 Å². The van der Waals surface area contributed by atoms with Gasteiger partial charge < -0.3 is 0 Å². The van der Waals surface area contributed by atoms with Crippen molar-refractivity contribution < 1.29 is 0 Å². The SMILES string of the molecule is C1=C/C=C/SSSSSSSCCCCCCCCC=C1. The molecule has 0 saturated carbocycles. The summed E-state index contributed by atoms with van der Waals surface area (Å²) in [5.74, 6) is 1.29. The van der Waals surface area contributed by atoms with Crippen LogP contribution in [0.5, 0.6) is 0 Å². The van der Waals surface area contributed by atoms with E-state index in [4.69, 9.17) is 0 Å². The largest absolute Gasteiger partial charge is 0.0845 e. The lowest BCUT2D eigenvalue weighted by atomic mass is 10.1. The minimum Gasteiger partial charge on any atom is -0.0845 e. The summed E-state index contributed by atoms with van der Waals surface area (Å²) in [4.78, 5) is 0. The van der Waals surface area contributed by atoms with Crippen LogP contribution >= 0.6 is 70.7 Å². The second kappa shape index (κ2) is 18.0. The van der Waals surface area contributed by atoms with Gasteiger partial charge in [0.15, 0.2) is 0 Å². The molecule has 0 atom stereocenters. The Bertz CT molecular complexity index is 274. The highest BCUT2D eigenvalue weighted by Crippen LogP contribution is 2.55. The molecule has 1 rings (SSSR count). The maximum atomic E-state index is 2.28. The molecule has 1 aliphatic heterocycles. The fourth-order valence-electron chi connectivity index (χ4n) is 1.64. The van der Waals surface area contributed by atoms with Gasteiger partial charge >= 0.3 is 0 Å². The molecule has 21 heavy (non-hydrogen) atoms. The second-order valence-electron chi connectivity index (χ2n) is 4.31. The molecule has 0 saturated heterocycles. The molecule has 0 aromatic heterocycles. The second-order valence-corrected chi connectivity index (χ2v) is 15.5. The minimum absolute atomic E-state index is 1.22. The van der Waals surface area contributed by atoms with Gasteiger partial charge in [-0.05, 0) is 73.8 Å². The highest BCUT2D eigenvalue weighted by Gasteiger charge is 1.96. The van der Waals surface area contributed by atoms with Gasteiger partial charge in [0.1, 0.15) is 0 Å². The Morgan fingerprint density at radius 3 is 2.24 bits per heavy atom. The van der Waals surface area contributed by atoms with Gasteiger partial charge in [-0.25, -0.2) is 0 Å². The van der Waals surface area contributed by atoms with Crippen molar-refractivity contribution in [2.24, 2.45) is 0 Å². The third-order valence-corrected chi connectivity index (χ3v) is 15.4. The van der Waals surface area contributed by atoms with Gasteiger partial charge in [-0.15, -0.1) is 0 Å². The fraction of sp³-hybridized carbons (Fsp3) is 0.571. The zero-order chi connectivity index (χ0) is 14.8. The smallest absolute Gasteiger partial charge is 0.00454 e. The molecule has 0 fully saturated rings. The Morgan fingerprint density at radius 2 is 1.29 bits per heavy atom. The highest BCUT2D eigenvalue weighted by molar-refractivity contribution is 9.46. The van der Waals surface area contributed by atoms with E-state index in [1.165, 1.54) is 50.7 Å². The standard InChI is InChI=1S/C14H22S7/c1-2-4-6-8-10-12-14-16-18-20-21-19-17-15-13-11-9-7-5-3-1/h3,5,7,9,11,13H,1-2,4,6,8,10,12,14H2/b5-3?,9-7?,13-11+. The van der Waals surface area contributed by atoms with Crippen molar-refractivity contribution in [2.45, 2.75) is 44.9 Å². The van der Waals surface area contributed by atoms with Crippen LogP contribution in [0, 0.1) is 0 Å². The van der Waals surface area contributed by atoms with Crippen LogP contribution in [0.3, 0.4) is 0 Å². The lowest BCUT2D eigenvalue weighted by molar-refractivity contribution is 0.613. The summed E-state index contributed by atoms with van der Waals surface area (Å²) in [6.45, 7) is 0. The maximum Gasteiger partial charge on any atom is 0.00454 e. The molecule has 0 aliphatic carbocycles. The van der Waals surface area contributed by atoms with Gasteiger partial charge in [-0.1, -0.05) is 77.7 Å². The van der Waals surface area contributed by atoms with E-state index in [1.807, 2.05) is 59.9 Å². The third kappa shape index (κ3) is 16.3. The molecule has 0 unspecified atom stereocenters. The van der Waals surface area contributed by atoms with E-state index in [-0.39, 0.29) is 0 Å². The van der Waals surface area contributed by atoms with Crippen molar-refractivity contribution in [1.82, 2.24) is 0 Å². The maximum absolute atomic E-state index is 2.28. The Kier molecular flexibility index (Phi) is 17.8. The van der Waals surface area contributed by atoms with Crippen LogP contribution in [0.1, 0.15) is 44.9 Å². The molecule has 0 aromatic rings. The molecule has 0 amide bonds. The number of allylic oxidation sites excluding steroid dienone is 5. The summed E-state index contributed by atoms with van der Waals surface area (Å²) < 4.78 is 0. The molecule has 120 valence electrons. The molecule has 1 aliphatic rings. The van der Waals surface area contributed by atoms with E-state index in [0.717, 1.165) is 0 Å². The molecule has 7 heteroatoms. The zero-order valence-corrected chi connectivity index (χ0v) is 17.7. The van der Waals surface area contributed by atoms with Crippen molar-refractivity contribution in [3.8, 4) is 0 Å². The van der Waals surface area contributed by atoms with E-state index in [9.17, 15) is 0 Å². The summed E-state index contributed by atoms with van der Waals surface area (Å²) in [6.07, 6.45) is 20.3. The van der Waals surface area contributed by atoms with E-state index >= 15 is 0 Å². The van der Waals surface area contributed by atoms with Crippen LogP contribution in [0.15, 0.2) is 35.8 Å². The average Bonchev–Trinajstić information content (AvgIpc) is 2.50. The topological polar surface area (TPSA) is 0 Å². The number of rotatable bonds is 0. The lowest BCUT2D eigenvalue weighted by Gasteiger charge is -2.01. The van der Waals surface area contributed by atoms with Gasteiger partial charge in [0.05, 0.1) is 0 Å². The first-order chi connectivity index (χ1) is 10.5. The summed E-state index contributed by atoms with van der Waals surface area (Å²) in [7, 11) is 13.1. The van der Waals surface area contributed by atoms with Crippen LogP contribution < -0.4 is 0 Å². The molecule has 0 N–H and O–H groups in total. The van der Waals surface area contributed by atoms with Crippen LogP contribution in [-0.4, -0.2) is 5.75 Å². The number of hydrogen-bond donors (Lipinski definition) is 0. The normalized spacial score (nSPS) is 23.2. The Morgan fingerprint density at radius 1 is 0.571 bits per heavy atom. The van der Waals surface area contributed by atoms with E-state index in [1.54, 1.807) is 10.8 Å². The van der Waals surface area contributed by atoms with Gasteiger partial charge in [0, 0.05) is 5.75 Å². The molecule has 0 nitrogen and oxygen atoms in total. The first kappa shape index (κ1) is 20.7. The zero-order valence-electron chi connectivity index (χ0n) is 12.0. The monoisotopic (exact) mass is 414 g/mol. The van der Waals surface area contributed by atoms with Crippen LogP contribution in [-0.2, 0) is 0 Å². The third-order valence-electron chi connectivity index (χ3n) is 2.65. The predicted octanol–water partition coefficient (Wildman–Crippen LogP) is 8.98. The van der Waals surface area contributed by atoms with Crippen molar-refractivity contribution in [3.63, 3.8) is 0 Å². The Labute approximate surface area is 156 Å². The minimum atomic E-state index is 1.22. The molecule has 0 radical (unpaired) electrons. The van der Waals surface area contributed by atoms with Crippen molar-refractivity contribution in [3.05, 3.63) is 35.8 Å². The summed E-state index contributed by atoms with van der Waals surface area (Å²) in [5.41, 5.74) is 0. The molecular weight excluding hydrogens is 393 g/mol. The van der Waals surface area contributed by atoms with Crippen LogP contribution in [0.2, 0.25) is 0 Å². The van der Waals surface area contributed by atoms with Crippen LogP contribution in [0.25, 0.3) is 0 Å². The first-order valence-electron chi connectivity index (χ1n) is 7.10. The fourth-order valence-corrected chi connectivity index (χ4v) is 15.2. The average molecular weight is 415 g/mol. The molecule has 0 spiro atoms. The molecule has 1 heterocycles. The highest BCUT2D eigenvalue weighted by atomic mass is 33.9. The Balaban J connectivity index is 2.17. The van der Waals surface area contributed by atoms with Crippen LogP contribution in [0.4, 0.5) is 0 Å². The first-order valence-corrected chi connectivity index (χ1v) is 16.1. The summed E-state index contributed by atoms with van der Waals surface area (Å²) in [5, 5.41) is 2.14. The van der Waals surface area contributed by atoms with Gasteiger partial charge in [-0.3, -0.25) is 0 Å². The van der Waals surface area contributed by atoms with E-state index < -0.39 is 0 Å². The van der Waals surface area contributed by atoms with E-state index in [2.05, 4.69) is 35.8 Å². The lowest BCUT2D eigenvalue weighted by Crippen LogP contribution is -1.81. The quantitative estimate of drug-likeness (QED) is 0.358. The van der Waals surface area contributed by atoms with Crippen molar-refractivity contribution in [2.75, 3.05) is 5.75 Å².